The summed E-state index contributed by atoms with van der Waals surface area (Å²) in [4.78, 5) is 35.5. The summed E-state index contributed by atoms with van der Waals surface area (Å²) in [5.74, 6) is -1.42. The van der Waals surface area contributed by atoms with Crippen molar-refractivity contribution < 1.29 is 24.2 Å². The van der Waals surface area contributed by atoms with E-state index in [1.165, 1.54) is 11.1 Å². The van der Waals surface area contributed by atoms with Crippen molar-refractivity contribution in [1.29, 1.82) is 0 Å². The Morgan fingerprint density at radius 1 is 1.03 bits per heavy atom. The number of hydrogen-bond donors (Lipinski definition) is 3. The molecule has 0 aliphatic heterocycles. The number of carbonyl (C=O) groups excluding carboxylic acids is 2. The maximum Gasteiger partial charge on any atom is 0.407 e. The first kappa shape index (κ1) is 22.6. The lowest BCUT2D eigenvalue weighted by Crippen LogP contribution is -2.39. The number of carbonyl (C=O) groups is 3. The minimum atomic E-state index is -0.885. The standard InChI is InChI=1S/C26H28N2O5/c1-16(10-13-24(29)30)27-25(31)17-11-12-18(14-17)28-26(32)33-15-23-21-8-4-2-6-19(21)20-7-3-5-9-22(20)23/h2-9,11-12,16-18,23H,10,13-15H2,1H3,(H,27,31)(H,28,32)(H,29,30). The molecule has 7 nitrogen and oxygen atoms in total. The van der Waals surface area contributed by atoms with Crippen molar-refractivity contribution in [2.75, 3.05) is 6.61 Å². The molecule has 4 rings (SSSR count). The van der Waals surface area contributed by atoms with E-state index in [2.05, 4.69) is 34.9 Å². The summed E-state index contributed by atoms with van der Waals surface area (Å²) >= 11 is 0. The van der Waals surface area contributed by atoms with Crippen molar-refractivity contribution >= 4 is 18.0 Å². The topological polar surface area (TPSA) is 105 Å². The first-order chi connectivity index (χ1) is 15.9. The highest BCUT2D eigenvalue weighted by Gasteiger charge is 2.30. The van der Waals surface area contributed by atoms with Crippen molar-refractivity contribution in [3.05, 3.63) is 71.8 Å². The number of fused-ring (bicyclic) bond motifs is 3. The van der Waals surface area contributed by atoms with E-state index < -0.39 is 12.1 Å². The second-order valence-electron chi connectivity index (χ2n) is 8.65. The van der Waals surface area contributed by atoms with Crippen LogP contribution in [0.5, 0.6) is 0 Å². The summed E-state index contributed by atoms with van der Waals surface area (Å²) in [5.41, 5.74) is 4.65. The van der Waals surface area contributed by atoms with Crippen molar-refractivity contribution in [3.8, 4) is 11.1 Å². The van der Waals surface area contributed by atoms with Gasteiger partial charge in [-0.2, -0.15) is 0 Å². The number of ether oxygens (including phenoxy) is 1. The third kappa shape index (κ3) is 5.25. The summed E-state index contributed by atoms with van der Waals surface area (Å²) in [6.07, 6.45) is 3.89. The van der Waals surface area contributed by atoms with Gasteiger partial charge in [-0.3, -0.25) is 9.59 Å². The molecule has 2 aliphatic rings. The van der Waals surface area contributed by atoms with Gasteiger partial charge in [-0.1, -0.05) is 60.7 Å². The molecule has 0 spiro atoms. The molecule has 2 aliphatic carbocycles. The largest absolute Gasteiger partial charge is 0.481 e. The molecule has 33 heavy (non-hydrogen) atoms. The zero-order chi connectivity index (χ0) is 23.4. The SMILES string of the molecule is CC(CCC(=O)O)NC(=O)C1C=CC(NC(=O)OCC2c3ccccc3-c3ccccc32)C1. The van der Waals surface area contributed by atoms with Gasteiger partial charge in [0.05, 0.1) is 12.0 Å². The fraction of sp³-hybridized carbons (Fsp3) is 0.346. The average Bonchev–Trinajstić information content (AvgIpc) is 3.39. The van der Waals surface area contributed by atoms with E-state index in [1.807, 2.05) is 24.3 Å². The summed E-state index contributed by atoms with van der Waals surface area (Å²) in [7, 11) is 0. The van der Waals surface area contributed by atoms with Crippen LogP contribution in [0.3, 0.4) is 0 Å². The predicted octanol–water partition coefficient (Wildman–Crippen LogP) is 3.84. The summed E-state index contributed by atoms with van der Waals surface area (Å²) < 4.78 is 5.58. The number of rotatable bonds is 8. The van der Waals surface area contributed by atoms with Crippen LogP contribution in [0.25, 0.3) is 11.1 Å². The van der Waals surface area contributed by atoms with Gasteiger partial charge in [-0.25, -0.2) is 4.79 Å². The Morgan fingerprint density at radius 3 is 2.30 bits per heavy atom. The third-order valence-corrected chi connectivity index (χ3v) is 6.25. The average molecular weight is 449 g/mol. The molecule has 0 saturated heterocycles. The Kier molecular flexibility index (Phi) is 6.77. The number of benzene rings is 2. The molecule has 0 bridgehead atoms. The first-order valence-electron chi connectivity index (χ1n) is 11.2. The molecule has 0 saturated carbocycles. The van der Waals surface area contributed by atoms with Crippen molar-refractivity contribution in [2.45, 2.75) is 44.2 Å². The molecule has 3 N–H and O–H groups in total. The van der Waals surface area contributed by atoms with Gasteiger partial charge in [0.2, 0.25) is 5.91 Å². The molecule has 3 unspecified atom stereocenters. The maximum atomic E-state index is 12.5. The van der Waals surface area contributed by atoms with Crippen LogP contribution in [-0.4, -0.2) is 41.8 Å². The molecule has 172 valence electrons. The van der Waals surface area contributed by atoms with Crippen molar-refractivity contribution in [1.82, 2.24) is 10.6 Å². The van der Waals surface area contributed by atoms with Crippen LogP contribution in [-0.2, 0) is 14.3 Å². The normalized spacial score (nSPS) is 19.4. The molecule has 0 heterocycles. The van der Waals surface area contributed by atoms with Crippen LogP contribution in [0, 0.1) is 5.92 Å². The molecule has 2 aromatic carbocycles. The second-order valence-corrected chi connectivity index (χ2v) is 8.65. The Hall–Kier alpha value is -3.61. The lowest BCUT2D eigenvalue weighted by molar-refractivity contribution is -0.137. The maximum absolute atomic E-state index is 12.5. The molecule has 2 aromatic rings. The molecule has 3 atom stereocenters. The van der Waals surface area contributed by atoms with E-state index in [0.717, 1.165) is 11.1 Å². The van der Waals surface area contributed by atoms with Gasteiger partial charge in [-0.05, 0) is 42.0 Å². The number of aliphatic carboxylic acids is 1. The smallest absolute Gasteiger partial charge is 0.407 e. The molecule has 0 aromatic heterocycles. The first-order valence-corrected chi connectivity index (χ1v) is 11.2. The second kappa shape index (κ2) is 9.90. The van der Waals surface area contributed by atoms with Crippen LogP contribution < -0.4 is 10.6 Å². The van der Waals surface area contributed by atoms with Gasteiger partial charge in [-0.15, -0.1) is 0 Å². The molecule has 7 heteroatoms. The van der Waals surface area contributed by atoms with E-state index in [1.54, 1.807) is 19.1 Å². The minimum Gasteiger partial charge on any atom is -0.481 e. The van der Waals surface area contributed by atoms with E-state index >= 15 is 0 Å². The monoisotopic (exact) mass is 448 g/mol. The van der Waals surface area contributed by atoms with Gasteiger partial charge >= 0.3 is 12.1 Å². The Labute approximate surface area is 192 Å². The van der Waals surface area contributed by atoms with E-state index in [9.17, 15) is 14.4 Å². The highest BCUT2D eigenvalue weighted by molar-refractivity contribution is 5.82. The third-order valence-electron chi connectivity index (χ3n) is 6.25. The zero-order valence-electron chi connectivity index (χ0n) is 18.5. The van der Waals surface area contributed by atoms with Crippen molar-refractivity contribution in [2.24, 2.45) is 5.92 Å². The Morgan fingerprint density at radius 2 is 1.67 bits per heavy atom. The number of carboxylic acids is 1. The Bertz CT molecular complexity index is 1030. The number of hydrogen-bond acceptors (Lipinski definition) is 4. The molecule has 2 amide bonds. The molecule has 0 radical (unpaired) electrons. The van der Waals surface area contributed by atoms with Gasteiger partial charge in [0.25, 0.3) is 0 Å². The van der Waals surface area contributed by atoms with E-state index in [-0.39, 0.29) is 42.9 Å². The lowest BCUT2D eigenvalue weighted by Gasteiger charge is -2.18. The summed E-state index contributed by atoms with van der Waals surface area (Å²) in [6.45, 7) is 2.02. The van der Waals surface area contributed by atoms with Crippen molar-refractivity contribution in [3.63, 3.8) is 0 Å². The number of carboxylic acid groups (broad SMARTS) is 1. The quantitative estimate of drug-likeness (QED) is 0.532. The van der Waals surface area contributed by atoms with Gasteiger partial charge in [0.1, 0.15) is 6.61 Å². The highest BCUT2D eigenvalue weighted by atomic mass is 16.5. The van der Waals surface area contributed by atoms with Crippen LogP contribution in [0.4, 0.5) is 4.79 Å². The number of amides is 2. The van der Waals surface area contributed by atoms with Crippen LogP contribution in [0.1, 0.15) is 43.2 Å². The number of alkyl carbamates (subject to hydrolysis) is 1. The summed E-state index contributed by atoms with van der Waals surface area (Å²) in [6, 6.07) is 15.8. The lowest BCUT2D eigenvalue weighted by atomic mass is 9.98. The van der Waals surface area contributed by atoms with Crippen LogP contribution in [0.15, 0.2) is 60.7 Å². The fourth-order valence-electron chi connectivity index (χ4n) is 4.55. The molecular weight excluding hydrogens is 420 g/mol. The van der Waals surface area contributed by atoms with Crippen LogP contribution >= 0.6 is 0 Å². The molecule has 0 fully saturated rings. The van der Waals surface area contributed by atoms with Crippen LogP contribution in [0.2, 0.25) is 0 Å². The number of nitrogens with one attached hydrogen (secondary N) is 2. The van der Waals surface area contributed by atoms with Gasteiger partial charge < -0.3 is 20.5 Å². The predicted molar refractivity (Wildman–Crippen MR) is 124 cm³/mol. The van der Waals surface area contributed by atoms with E-state index in [4.69, 9.17) is 9.84 Å². The molecular formula is C26H28N2O5. The summed E-state index contributed by atoms with van der Waals surface area (Å²) in [5, 5.41) is 14.4. The van der Waals surface area contributed by atoms with Gasteiger partial charge in [0, 0.05) is 18.4 Å². The van der Waals surface area contributed by atoms with E-state index in [0.29, 0.717) is 12.8 Å². The fourth-order valence-corrected chi connectivity index (χ4v) is 4.55. The highest BCUT2D eigenvalue weighted by Crippen LogP contribution is 2.44. The van der Waals surface area contributed by atoms with Gasteiger partial charge in [0.15, 0.2) is 0 Å². The zero-order valence-corrected chi connectivity index (χ0v) is 18.5. The minimum absolute atomic E-state index is 0.00640. The Balaban J connectivity index is 1.26.